The maximum absolute atomic E-state index is 12.1. The second kappa shape index (κ2) is 6.89. The summed E-state index contributed by atoms with van der Waals surface area (Å²) in [5.41, 5.74) is -1.63. The molecule has 6 nitrogen and oxygen atoms in total. The van der Waals surface area contributed by atoms with Crippen LogP contribution in [0.25, 0.3) is 0 Å². The van der Waals surface area contributed by atoms with Crippen molar-refractivity contribution in [1.29, 1.82) is 0 Å². The Hall–Kier alpha value is -1.95. The highest BCUT2D eigenvalue weighted by atomic mass is 16.5. The van der Waals surface area contributed by atoms with Crippen LogP contribution in [0.3, 0.4) is 0 Å². The van der Waals surface area contributed by atoms with Gasteiger partial charge in [0, 0.05) is 5.56 Å². The van der Waals surface area contributed by atoms with E-state index in [4.69, 9.17) is 4.74 Å². The zero-order valence-corrected chi connectivity index (χ0v) is 14.4. The van der Waals surface area contributed by atoms with Crippen molar-refractivity contribution in [2.75, 3.05) is 7.11 Å². The van der Waals surface area contributed by atoms with Crippen LogP contribution in [0.2, 0.25) is 0 Å². The molecule has 1 aromatic carbocycles. The maximum Gasteiger partial charge on any atom is 0.338 e. The third-order valence-corrected chi connectivity index (χ3v) is 5.07. The van der Waals surface area contributed by atoms with Crippen molar-refractivity contribution < 1.29 is 30.0 Å². The topological polar surface area (TPSA) is 107 Å². The molecule has 0 heterocycles. The molecular formula is C18H26O6. The minimum absolute atomic E-state index is 0.0466. The molecule has 1 saturated carbocycles. The first kappa shape index (κ1) is 18.4. The number of carbonyl (C=O) groups excluding carboxylic acids is 1. The SMILES string of the molecule is CCCC1CCC(C)CC1(O)c1c(C(=O)OC)cc(O)c(O)c1O. The Balaban J connectivity index is 2.70. The van der Waals surface area contributed by atoms with Crippen LogP contribution in [0.4, 0.5) is 0 Å². The van der Waals surface area contributed by atoms with Crippen LogP contribution >= 0.6 is 0 Å². The average Bonchev–Trinajstić information content (AvgIpc) is 2.54. The van der Waals surface area contributed by atoms with E-state index in [1.807, 2.05) is 13.8 Å². The molecule has 3 atom stereocenters. The van der Waals surface area contributed by atoms with E-state index in [-0.39, 0.29) is 23.0 Å². The zero-order chi connectivity index (χ0) is 18.1. The predicted molar refractivity (Wildman–Crippen MR) is 88.1 cm³/mol. The standard InChI is InChI=1S/C18H26O6/c1-4-5-11-7-6-10(2)9-18(11,23)14-12(17(22)24-3)8-13(19)15(20)16(14)21/h8,10-11,19-21,23H,4-7,9H2,1-3H3. The highest BCUT2D eigenvalue weighted by Crippen LogP contribution is 2.53. The number of esters is 1. The van der Waals surface area contributed by atoms with Gasteiger partial charge in [-0.15, -0.1) is 0 Å². The Morgan fingerprint density at radius 3 is 2.54 bits per heavy atom. The lowest BCUT2D eigenvalue weighted by Crippen LogP contribution is -2.41. The van der Waals surface area contributed by atoms with E-state index in [2.05, 4.69) is 0 Å². The fourth-order valence-corrected chi connectivity index (χ4v) is 3.92. The summed E-state index contributed by atoms with van der Waals surface area (Å²) < 4.78 is 4.73. The lowest BCUT2D eigenvalue weighted by atomic mass is 9.65. The summed E-state index contributed by atoms with van der Waals surface area (Å²) in [5.74, 6) is -2.76. The normalized spacial score (nSPS) is 27.0. The van der Waals surface area contributed by atoms with Crippen molar-refractivity contribution >= 4 is 5.97 Å². The summed E-state index contributed by atoms with van der Waals surface area (Å²) in [4.78, 5) is 12.1. The van der Waals surface area contributed by atoms with Crippen molar-refractivity contribution in [2.45, 2.75) is 51.6 Å². The number of aliphatic hydroxyl groups is 1. The monoisotopic (exact) mass is 338 g/mol. The van der Waals surface area contributed by atoms with E-state index >= 15 is 0 Å². The number of rotatable bonds is 4. The molecule has 0 amide bonds. The zero-order valence-electron chi connectivity index (χ0n) is 14.4. The van der Waals surface area contributed by atoms with Crippen molar-refractivity contribution in [3.8, 4) is 17.2 Å². The Bertz CT molecular complexity index is 626. The van der Waals surface area contributed by atoms with E-state index in [0.717, 1.165) is 31.7 Å². The van der Waals surface area contributed by atoms with Gasteiger partial charge in [0.25, 0.3) is 0 Å². The number of carbonyl (C=O) groups is 1. The molecule has 4 N–H and O–H groups in total. The molecule has 24 heavy (non-hydrogen) atoms. The molecule has 6 heteroatoms. The summed E-state index contributed by atoms with van der Waals surface area (Å²) >= 11 is 0. The van der Waals surface area contributed by atoms with Crippen LogP contribution in [0.15, 0.2) is 6.07 Å². The fraction of sp³-hybridized carbons (Fsp3) is 0.611. The number of ether oxygens (including phenoxy) is 1. The molecule has 2 rings (SSSR count). The molecule has 134 valence electrons. The number of aromatic hydroxyl groups is 3. The van der Waals surface area contributed by atoms with Crippen LogP contribution < -0.4 is 0 Å². The van der Waals surface area contributed by atoms with Gasteiger partial charge in [-0.1, -0.05) is 26.7 Å². The Kier molecular flexibility index (Phi) is 5.28. The first-order chi connectivity index (χ1) is 11.3. The van der Waals surface area contributed by atoms with Crippen molar-refractivity contribution in [3.63, 3.8) is 0 Å². The van der Waals surface area contributed by atoms with Gasteiger partial charge in [-0.25, -0.2) is 4.79 Å². The Morgan fingerprint density at radius 1 is 1.29 bits per heavy atom. The van der Waals surface area contributed by atoms with Gasteiger partial charge in [0.1, 0.15) is 0 Å². The molecule has 0 aromatic heterocycles. The Labute approximate surface area is 141 Å². The third kappa shape index (κ3) is 3.02. The molecule has 0 spiro atoms. The van der Waals surface area contributed by atoms with Crippen LogP contribution in [-0.2, 0) is 10.3 Å². The summed E-state index contributed by atoms with van der Waals surface area (Å²) in [6.07, 6.45) is 3.64. The second-order valence-electron chi connectivity index (χ2n) is 6.80. The number of hydrogen-bond acceptors (Lipinski definition) is 6. The maximum atomic E-state index is 12.1. The fourth-order valence-electron chi connectivity index (χ4n) is 3.92. The number of hydrogen-bond donors (Lipinski definition) is 4. The quantitative estimate of drug-likeness (QED) is 0.496. The first-order valence-electron chi connectivity index (χ1n) is 8.35. The van der Waals surface area contributed by atoms with Crippen molar-refractivity contribution in [2.24, 2.45) is 11.8 Å². The molecule has 1 aliphatic carbocycles. The van der Waals surface area contributed by atoms with Crippen molar-refractivity contribution in [3.05, 3.63) is 17.2 Å². The van der Waals surface area contributed by atoms with Crippen LogP contribution in [0.5, 0.6) is 17.2 Å². The summed E-state index contributed by atoms with van der Waals surface area (Å²) in [5, 5.41) is 41.6. The van der Waals surface area contributed by atoms with E-state index in [1.165, 1.54) is 7.11 Å². The molecule has 0 radical (unpaired) electrons. The number of benzene rings is 1. The Morgan fingerprint density at radius 2 is 1.96 bits per heavy atom. The highest BCUT2D eigenvalue weighted by Gasteiger charge is 2.47. The number of phenolic OH excluding ortho intramolecular Hbond substituents is 3. The molecule has 0 bridgehead atoms. The predicted octanol–water partition coefficient (Wildman–Crippen LogP) is 3.01. The first-order valence-corrected chi connectivity index (χ1v) is 8.35. The lowest BCUT2D eigenvalue weighted by molar-refractivity contribution is -0.0751. The van der Waals surface area contributed by atoms with E-state index in [0.29, 0.717) is 6.42 Å². The van der Waals surface area contributed by atoms with Crippen LogP contribution in [-0.4, -0.2) is 33.5 Å². The summed E-state index contributed by atoms with van der Waals surface area (Å²) in [6.45, 7) is 4.01. The molecule has 1 fully saturated rings. The minimum Gasteiger partial charge on any atom is -0.504 e. The third-order valence-electron chi connectivity index (χ3n) is 5.07. The van der Waals surface area contributed by atoms with Crippen molar-refractivity contribution in [1.82, 2.24) is 0 Å². The van der Waals surface area contributed by atoms with Crippen LogP contribution in [0.1, 0.15) is 61.9 Å². The van der Waals surface area contributed by atoms with Gasteiger partial charge in [-0.2, -0.15) is 0 Å². The summed E-state index contributed by atoms with van der Waals surface area (Å²) in [7, 11) is 1.18. The molecule has 1 aromatic rings. The lowest BCUT2D eigenvalue weighted by Gasteiger charge is -2.44. The van der Waals surface area contributed by atoms with Gasteiger partial charge in [-0.3, -0.25) is 0 Å². The second-order valence-corrected chi connectivity index (χ2v) is 6.80. The van der Waals surface area contributed by atoms with Gasteiger partial charge >= 0.3 is 5.97 Å². The van der Waals surface area contributed by atoms with Gasteiger partial charge in [-0.05, 0) is 37.2 Å². The minimum atomic E-state index is -1.47. The number of methoxy groups -OCH3 is 1. The van der Waals surface area contributed by atoms with E-state index < -0.39 is 28.8 Å². The van der Waals surface area contributed by atoms with Gasteiger partial charge in [0.2, 0.25) is 5.75 Å². The summed E-state index contributed by atoms with van der Waals surface area (Å²) in [6, 6.07) is 1.04. The van der Waals surface area contributed by atoms with Gasteiger partial charge < -0.3 is 25.2 Å². The number of phenols is 3. The van der Waals surface area contributed by atoms with Crippen LogP contribution in [0, 0.1) is 11.8 Å². The molecule has 0 saturated heterocycles. The molecule has 1 aliphatic rings. The van der Waals surface area contributed by atoms with E-state index in [9.17, 15) is 25.2 Å². The average molecular weight is 338 g/mol. The molecule has 0 aliphatic heterocycles. The molecule has 3 unspecified atom stereocenters. The smallest absolute Gasteiger partial charge is 0.338 e. The van der Waals surface area contributed by atoms with E-state index in [1.54, 1.807) is 0 Å². The largest absolute Gasteiger partial charge is 0.504 e. The molecular weight excluding hydrogens is 312 g/mol. The van der Waals surface area contributed by atoms with Gasteiger partial charge in [0.05, 0.1) is 18.3 Å². The van der Waals surface area contributed by atoms with Gasteiger partial charge in [0.15, 0.2) is 11.5 Å². The highest BCUT2D eigenvalue weighted by molar-refractivity contribution is 5.93.